The first-order valence-corrected chi connectivity index (χ1v) is 8.06. The number of nitrogens with zero attached hydrogens (tertiary/aromatic N) is 5. The van der Waals surface area contributed by atoms with Gasteiger partial charge in [-0.3, -0.25) is 4.79 Å². The summed E-state index contributed by atoms with van der Waals surface area (Å²) in [5, 5.41) is 17.9. The Hall–Kier alpha value is -3.03. The Morgan fingerprint density at radius 3 is 2.88 bits per heavy atom. The van der Waals surface area contributed by atoms with Gasteiger partial charge in [0.05, 0.1) is 5.69 Å². The molecule has 0 saturated carbocycles. The van der Waals surface area contributed by atoms with Gasteiger partial charge in [0.2, 0.25) is 11.6 Å². The van der Waals surface area contributed by atoms with Crippen molar-refractivity contribution in [2.24, 2.45) is 5.92 Å². The number of aromatic amines is 1. The molecule has 0 saturated heterocycles. The Balaban J connectivity index is 1.69. The smallest absolute Gasteiger partial charge is 0.292 e. The molecule has 25 heavy (non-hydrogen) atoms. The number of carbonyl (C=O) groups is 1. The molecular formula is C17H20N6O2. The van der Waals surface area contributed by atoms with E-state index >= 15 is 0 Å². The molecule has 0 unspecified atom stereocenters. The van der Waals surface area contributed by atoms with Crippen LogP contribution in [0.5, 0.6) is 0 Å². The predicted octanol–water partition coefficient (Wildman–Crippen LogP) is 2.33. The SMILES string of the molecule is CC(C)Cc1cc(C(=O)N(C)Cc2cccc(-c3nn[nH]n3)c2)on1. The molecule has 1 N–H and O–H groups in total. The van der Waals surface area contributed by atoms with Crippen molar-refractivity contribution >= 4 is 5.91 Å². The number of hydrogen-bond acceptors (Lipinski definition) is 6. The molecule has 8 heteroatoms. The molecule has 2 heterocycles. The van der Waals surface area contributed by atoms with Crippen molar-refractivity contribution in [2.45, 2.75) is 26.8 Å². The number of H-pyrrole nitrogens is 1. The van der Waals surface area contributed by atoms with Gasteiger partial charge in [-0.2, -0.15) is 5.21 Å². The van der Waals surface area contributed by atoms with Gasteiger partial charge in [0.25, 0.3) is 5.91 Å². The molecule has 0 spiro atoms. The first-order valence-electron chi connectivity index (χ1n) is 8.06. The highest BCUT2D eigenvalue weighted by molar-refractivity contribution is 5.91. The summed E-state index contributed by atoms with van der Waals surface area (Å²) in [4.78, 5) is 14.1. The molecule has 1 amide bonds. The molecule has 0 atom stereocenters. The van der Waals surface area contributed by atoms with Crippen molar-refractivity contribution in [1.29, 1.82) is 0 Å². The Morgan fingerprint density at radius 1 is 1.32 bits per heavy atom. The highest BCUT2D eigenvalue weighted by atomic mass is 16.5. The van der Waals surface area contributed by atoms with Gasteiger partial charge in [0.15, 0.2) is 0 Å². The normalized spacial score (nSPS) is 11.0. The molecule has 3 aromatic rings. The maximum atomic E-state index is 12.5. The summed E-state index contributed by atoms with van der Waals surface area (Å²) >= 11 is 0. The summed E-state index contributed by atoms with van der Waals surface area (Å²) in [5.74, 6) is 1.03. The van der Waals surface area contributed by atoms with Crippen LogP contribution in [0, 0.1) is 5.92 Å². The van der Waals surface area contributed by atoms with Crippen LogP contribution in [0.2, 0.25) is 0 Å². The van der Waals surface area contributed by atoms with E-state index in [9.17, 15) is 4.79 Å². The van der Waals surface area contributed by atoms with Crippen molar-refractivity contribution in [3.05, 3.63) is 47.3 Å². The third-order valence-electron chi connectivity index (χ3n) is 3.68. The topological polar surface area (TPSA) is 101 Å². The highest BCUT2D eigenvalue weighted by Crippen LogP contribution is 2.17. The van der Waals surface area contributed by atoms with E-state index in [2.05, 4.69) is 39.6 Å². The van der Waals surface area contributed by atoms with Crippen molar-refractivity contribution in [2.75, 3.05) is 7.05 Å². The van der Waals surface area contributed by atoms with Gasteiger partial charge in [-0.25, -0.2) is 0 Å². The molecule has 2 aromatic heterocycles. The lowest BCUT2D eigenvalue weighted by Gasteiger charge is -2.15. The number of rotatable bonds is 6. The molecule has 0 aliphatic heterocycles. The van der Waals surface area contributed by atoms with Crippen LogP contribution in [0.25, 0.3) is 11.4 Å². The fourth-order valence-electron chi connectivity index (χ4n) is 2.55. The number of tetrazole rings is 1. The van der Waals surface area contributed by atoms with E-state index in [1.165, 1.54) is 0 Å². The Morgan fingerprint density at radius 2 is 2.16 bits per heavy atom. The zero-order valence-electron chi connectivity index (χ0n) is 14.4. The zero-order chi connectivity index (χ0) is 17.8. The summed E-state index contributed by atoms with van der Waals surface area (Å²) in [5.41, 5.74) is 2.59. The molecule has 0 aliphatic rings. The van der Waals surface area contributed by atoms with Crippen LogP contribution >= 0.6 is 0 Å². The van der Waals surface area contributed by atoms with Gasteiger partial charge in [0.1, 0.15) is 0 Å². The lowest BCUT2D eigenvalue weighted by molar-refractivity contribution is 0.0743. The monoisotopic (exact) mass is 340 g/mol. The van der Waals surface area contributed by atoms with Crippen molar-refractivity contribution < 1.29 is 9.32 Å². The number of hydrogen-bond donors (Lipinski definition) is 1. The van der Waals surface area contributed by atoms with Crippen molar-refractivity contribution in [3.63, 3.8) is 0 Å². The zero-order valence-corrected chi connectivity index (χ0v) is 14.4. The fourth-order valence-corrected chi connectivity index (χ4v) is 2.55. The third-order valence-corrected chi connectivity index (χ3v) is 3.68. The molecular weight excluding hydrogens is 320 g/mol. The molecule has 1 aromatic carbocycles. The maximum absolute atomic E-state index is 12.5. The van der Waals surface area contributed by atoms with E-state index in [4.69, 9.17) is 4.52 Å². The van der Waals surface area contributed by atoms with Crippen LogP contribution in [0.1, 0.15) is 35.7 Å². The van der Waals surface area contributed by atoms with Crippen LogP contribution < -0.4 is 0 Å². The van der Waals surface area contributed by atoms with Crippen LogP contribution in [-0.2, 0) is 13.0 Å². The van der Waals surface area contributed by atoms with Crippen LogP contribution in [-0.4, -0.2) is 43.6 Å². The predicted molar refractivity (Wildman–Crippen MR) is 90.5 cm³/mol. The third kappa shape index (κ3) is 4.09. The van der Waals surface area contributed by atoms with Crippen LogP contribution in [0.3, 0.4) is 0 Å². The molecule has 0 fully saturated rings. The molecule has 8 nitrogen and oxygen atoms in total. The average molecular weight is 340 g/mol. The van der Waals surface area contributed by atoms with Crippen molar-refractivity contribution in [3.8, 4) is 11.4 Å². The van der Waals surface area contributed by atoms with Crippen LogP contribution in [0.15, 0.2) is 34.9 Å². The second kappa shape index (κ2) is 7.25. The number of nitrogens with one attached hydrogen (secondary N) is 1. The van der Waals surface area contributed by atoms with E-state index in [0.717, 1.165) is 23.2 Å². The summed E-state index contributed by atoms with van der Waals surface area (Å²) in [7, 11) is 1.73. The van der Waals surface area contributed by atoms with E-state index in [-0.39, 0.29) is 11.7 Å². The first kappa shape index (κ1) is 16.8. The molecule has 130 valence electrons. The van der Waals surface area contributed by atoms with E-state index in [1.54, 1.807) is 18.0 Å². The minimum Gasteiger partial charge on any atom is -0.351 e. The number of aromatic nitrogens is 5. The standard InChI is InChI=1S/C17H20N6O2/c1-11(2)7-14-9-15(25-20-14)17(24)23(3)10-12-5-4-6-13(8-12)16-18-21-22-19-16/h4-6,8-9,11H,7,10H2,1-3H3,(H,18,19,21,22). The van der Waals surface area contributed by atoms with Gasteiger partial charge in [-0.15, -0.1) is 10.2 Å². The van der Waals surface area contributed by atoms with E-state index < -0.39 is 0 Å². The van der Waals surface area contributed by atoms with Gasteiger partial charge < -0.3 is 9.42 Å². The van der Waals surface area contributed by atoms with Gasteiger partial charge in [-0.1, -0.05) is 37.2 Å². The Bertz CT molecular complexity index is 840. The summed E-state index contributed by atoms with van der Waals surface area (Å²) in [6.45, 7) is 4.63. The minimum absolute atomic E-state index is 0.201. The summed E-state index contributed by atoms with van der Waals surface area (Å²) in [6.07, 6.45) is 0.785. The largest absolute Gasteiger partial charge is 0.351 e. The van der Waals surface area contributed by atoms with E-state index in [1.807, 2.05) is 24.3 Å². The molecule has 3 rings (SSSR count). The summed E-state index contributed by atoms with van der Waals surface area (Å²) in [6, 6.07) is 9.38. The second-order valence-electron chi connectivity index (χ2n) is 6.38. The quantitative estimate of drug-likeness (QED) is 0.739. The van der Waals surface area contributed by atoms with E-state index in [0.29, 0.717) is 18.3 Å². The average Bonchev–Trinajstić information content (AvgIpc) is 3.25. The lowest BCUT2D eigenvalue weighted by Crippen LogP contribution is -2.25. The number of benzene rings is 1. The molecule has 0 radical (unpaired) electrons. The molecule has 0 bridgehead atoms. The number of amides is 1. The fraction of sp³-hybridized carbons (Fsp3) is 0.353. The highest BCUT2D eigenvalue weighted by Gasteiger charge is 2.18. The first-order chi connectivity index (χ1) is 12.0. The lowest BCUT2D eigenvalue weighted by atomic mass is 10.1. The van der Waals surface area contributed by atoms with Gasteiger partial charge >= 0.3 is 0 Å². The number of carbonyl (C=O) groups excluding carboxylic acids is 1. The second-order valence-corrected chi connectivity index (χ2v) is 6.38. The Labute approximate surface area is 145 Å². The van der Waals surface area contributed by atoms with Crippen molar-refractivity contribution in [1.82, 2.24) is 30.7 Å². The molecule has 0 aliphatic carbocycles. The van der Waals surface area contributed by atoms with Crippen LogP contribution in [0.4, 0.5) is 0 Å². The summed E-state index contributed by atoms with van der Waals surface area (Å²) < 4.78 is 5.20. The van der Waals surface area contributed by atoms with Gasteiger partial charge in [-0.05, 0) is 29.2 Å². The minimum atomic E-state index is -0.201. The van der Waals surface area contributed by atoms with Gasteiger partial charge in [0, 0.05) is 25.2 Å². The Kier molecular flexibility index (Phi) is 4.87. The maximum Gasteiger partial charge on any atom is 0.292 e.